The van der Waals surface area contributed by atoms with Crippen molar-refractivity contribution in [1.29, 1.82) is 0 Å². The summed E-state index contributed by atoms with van der Waals surface area (Å²) >= 11 is 0. The van der Waals surface area contributed by atoms with E-state index in [0.29, 0.717) is 5.88 Å². The smallest absolute Gasteiger partial charge is 0.268 e. The number of methoxy groups -OCH3 is 1. The molecule has 9 heavy (non-hydrogen) atoms. The van der Waals surface area contributed by atoms with Crippen LogP contribution in [0.1, 0.15) is 6.92 Å². The van der Waals surface area contributed by atoms with Gasteiger partial charge in [0.1, 0.15) is 0 Å². The number of aliphatic imine (C=N–C) groups is 1. The van der Waals surface area contributed by atoms with Gasteiger partial charge in [-0.05, 0) is 12.7 Å². The Bertz CT molecular complexity index is 238. The fourth-order valence-corrected chi connectivity index (χ4v) is 0.476. The van der Waals surface area contributed by atoms with Crippen molar-refractivity contribution in [1.82, 2.24) is 0 Å². The lowest BCUT2D eigenvalue weighted by molar-refractivity contribution is 0.290. The summed E-state index contributed by atoms with van der Waals surface area (Å²) in [5, 5.41) is 0. The van der Waals surface area contributed by atoms with Gasteiger partial charge in [-0.2, -0.15) is 0 Å². The highest BCUT2D eigenvalue weighted by Gasteiger charge is 1.90. The van der Waals surface area contributed by atoms with Gasteiger partial charge in [0.2, 0.25) is 0 Å². The molecule has 0 bridgehead atoms. The molecule has 0 aromatic heterocycles. The summed E-state index contributed by atoms with van der Waals surface area (Å²) < 4.78 is 4.77. The monoisotopic (exact) mass is 121 g/mol. The molecule has 0 amide bonds. The van der Waals surface area contributed by atoms with E-state index in [-0.39, 0.29) is 0 Å². The van der Waals surface area contributed by atoms with Crippen molar-refractivity contribution >= 4 is 6.21 Å². The number of ether oxygens (including phenoxy) is 1. The number of allylic oxidation sites excluding steroid dienone is 1. The summed E-state index contributed by atoms with van der Waals surface area (Å²) in [6.07, 6.45) is 1.69. The van der Waals surface area contributed by atoms with Crippen LogP contribution in [0.25, 0.3) is 0 Å². The zero-order valence-electron chi connectivity index (χ0n) is 5.43. The van der Waals surface area contributed by atoms with E-state index in [9.17, 15) is 0 Å². The van der Waals surface area contributed by atoms with Gasteiger partial charge in [-0.15, -0.1) is 0 Å². The molecular formula is C7H7NO. The number of nitrogens with zero attached hydrogens (tertiary/aromatic N) is 1. The van der Waals surface area contributed by atoms with Crippen LogP contribution in [-0.4, -0.2) is 13.3 Å². The molecule has 0 fully saturated rings. The third kappa shape index (κ3) is 1.33. The Kier molecular flexibility index (Phi) is 1.55. The zero-order chi connectivity index (χ0) is 6.69. The number of hydrogen-bond donors (Lipinski definition) is 0. The number of hydrogen-bond acceptors (Lipinski definition) is 2. The first-order valence-corrected chi connectivity index (χ1v) is 2.63. The Morgan fingerprint density at radius 3 is 2.78 bits per heavy atom. The van der Waals surface area contributed by atoms with Gasteiger partial charge in [0, 0.05) is 11.8 Å². The van der Waals surface area contributed by atoms with E-state index >= 15 is 0 Å². The van der Waals surface area contributed by atoms with Crippen LogP contribution in [0.2, 0.25) is 0 Å². The lowest BCUT2D eigenvalue weighted by Crippen LogP contribution is -1.85. The summed E-state index contributed by atoms with van der Waals surface area (Å²) in [6, 6.07) is 0. The minimum atomic E-state index is 0.487. The predicted molar refractivity (Wildman–Crippen MR) is 35.2 cm³/mol. The molecule has 0 aliphatic carbocycles. The van der Waals surface area contributed by atoms with Crippen molar-refractivity contribution in [3.8, 4) is 0 Å². The SMILES string of the molecule is COC1=C=C=C(C)C=N1. The van der Waals surface area contributed by atoms with Gasteiger partial charge < -0.3 is 4.74 Å². The molecule has 1 aliphatic rings. The molecule has 1 aliphatic heterocycles. The van der Waals surface area contributed by atoms with Crippen molar-refractivity contribution in [3.63, 3.8) is 0 Å². The standard InChI is InChI=1S/C7H7NO/c1-6-3-4-7(9-2)8-5-6/h5H,1-2H3. The van der Waals surface area contributed by atoms with E-state index in [1.165, 1.54) is 0 Å². The van der Waals surface area contributed by atoms with Crippen LogP contribution in [-0.2, 0) is 4.74 Å². The summed E-state index contributed by atoms with van der Waals surface area (Å²) in [6.45, 7) is 1.91. The molecule has 46 valence electrons. The third-order valence-electron chi connectivity index (χ3n) is 0.935. The van der Waals surface area contributed by atoms with Crippen LogP contribution in [0.5, 0.6) is 0 Å². The van der Waals surface area contributed by atoms with Crippen LogP contribution in [0.15, 0.2) is 27.9 Å². The molecular weight excluding hydrogens is 114 g/mol. The molecule has 0 aromatic rings. The van der Waals surface area contributed by atoms with E-state index in [1.54, 1.807) is 13.3 Å². The van der Waals surface area contributed by atoms with E-state index in [1.807, 2.05) is 6.92 Å². The normalized spacial score (nSPS) is 14.9. The van der Waals surface area contributed by atoms with Gasteiger partial charge in [0.15, 0.2) is 0 Å². The summed E-state index contributed by atoms with van der Waals surface area (Å²) in [5.74, 6) is 0.487. The van der Waals surface area contributed by atoms with Gasteiger partial charge in [-0.3, -0.25) is 0 Å². The average Bonchev–Trinajstić information content (AvgIpc) is 1.90. The first-order valence-electron chi connectivity index (χ1n) is 2.63. The van der Waals surface area contributed by atoms with Crippen LogP contribution >= 0.6 is 0 Å². The maximum atomic E-state index is 4.77. The van der Waals surface area contributed by atoms with Crippen LogP contribution in [0, 0.1) is 0 Å². The minimum Gasteiger partial charge on any atom is -0.475 e. The predicted octanol–water partition coefficient (Wildman–Crippen LogP) is 1.26. The Labute approximate surface area is 53.9 Å². The molecule has 1 rings (SSSR count). The molecule has 0 saturated carbocycles. The molecule has 0 unspecified atom stereocenters. The van der Waals surface area contributed by atoms with Crippen molar-refractivity contribution in [2.75, 3.05) is 7.11 Å². The zero-order valence-corrected chi connectivity index (χ0v) is 5.43. The van der Waals surface area contributed by atoms with Gasteiger partial charge in [-0.25, -0.2) is 4.99 Å². The van der Waals surface area contributed by atoms with Crippen molar-refractivity contribution in [2.24, 2.45) is 4.99 Å². The molecule has 0 atom stereocenters. The topological polar surface area (TPSA) is 21.6 Å². The first-order chi connectivity index (χ1) is 4.33. The lowest BCUT2D eigenvalue weighted by Gasteiger charge is -1.95. The third-order valence-corrected chi connectivity index (χ3v) is 0.935. The Morgan fingerprint density at radius 1 is 1.56 bits per heavy atom. The molecule has 1 heterocycles. The number of rotatable bonds is 1. The molecule has 0 spiro atoms. The first kappa shape index (κ1) is 5.90. The van der Waals surface area contributed by atoms with Crippen LogP contribution in [0.3, 0.4) is 0 Å². The second kappa shape index (κ2) is 2.36. The Balaban J connectivity index is 3.03. The lowest BCUT2D eigenvalue weighted by atomic mass is 10.3. The second-order valence-corrected chi connectivity index (χ2v) is 1.70. The Hall–Kier alpha value is -1.23. The quantitative estimate of drug-likeness (QED) is 0.478. The molecule has 2 heteroatoms. The second-order valence-electron chi connectivity index (χ2n) is 1.70. The maximum Gasteiger partial charge on any atom is 0.268 e. The molecule has 0 radical (unpaired) electrons. The van der Waals surface area contributed by atoms with Crippen molar-refractivity contribution in [2.45, 2.75) is 6.92 Å². The van der Waals surface area contributed by atoms with E-state index in [2.05, 4.69) is 16.5 Å². The van der Waals surface area contributed by atoms with E-state index < -0.39 is 0 Å². The molecule has 2 nitrogen and oxygen atoms in total. The fourth-order valence-electron chi connectivity index (χ4n) is 0.476. The summed E-state index contributed by atoms with van der Waals surface area (Å²) in [7, 11) is 1.56. The Morgan fingerprint density at radius 2 is 2.33 bits per heavy atom. The highest BCUT2D eigenvalue weighted by molar-refractivity contribution is 5.78. The van der Waals surface area contributed by atoms with Gasteiger partial charge in [0.05, 0.1) is 7.11 Å². The molecule has 0 saturated heterocycles. The fraction of sp³-hybridized carbons (Fsp3) is 0.286. The average molecular weight is 121 g/mol. The maximum absolute atomic E-state index is 4.77. The van der Waals surface area contributed by atoms with E-state index in [0.717, 1.165) is 5.57 Å². The molecule has 0 aromatic carbocycles. The van der Waals surface area contributed by atoms with Crippen LogP contribution in [0.4, 0.5) is 0 Å². The van der Waals surface area contributed by atoms with Crippen LogP contribution < -0.4 is 0 Å². The highest BCUT2D eigenvalue weighted by atomic mass is 16.5. The largest absolute Gasteiger partial charge is 0.475 e. The van der Waals surface area contributed by atoms with Crippen molar-refractivity contribution in [3.05, 3.63) is 22.9 Å². The van der Waals surface area contributed by atoms with Crippen molar-refractivity contribution < 1.29 is 4.74 Å². The van der Waals surface area contributed by atoms with E-state index in [4.69, 9.17) is 4.74 Å². The van der Waals surface area contributed by atoms with Gasteiger partial charge in [0.25, 0.3) is 5.88 Å². The van der Waals surface area contributed by atoms with Gasteiger partial charge >= 0.3 is 0 Å². The molecule has 0 N–H and O–H groups in total. The summed E-state index contributed by atoms with van der Waals surface area (Å²) in [5.41, 5.74) is 6.53. The highest BCUT2D eigenvalue weighted by Crippen LogP contribution is 1.98. The summed E-state index contributed by atoms with van der Waals surface area (Å²) in [4.78, 5) is 3.89. The van der Waals surface area contributed by atoms with Gasteiger partial charge in [-0.1, -0.05) is 5.73 Å². The minimum absolute atomic E-state index is 0.487.